The number of amides is 1. The van der Waals surface area contributed by atoms with Gasteiger partial charge in [0.15, 0.2) is 0 Å². The molecular formula is C19H19N3O3. The van der Waals surface area contributed by atoms with Crippen molar-refractivity contribution in [2.45, 2.75) is 20.4 Å². The van der Waals surface area contributed by atoms with Crippen LogP contribution in [0.3, 0.4) is 0 Å². The normalized spacial score (nSPS) is 10.7. The molecule has 0 atom stereocenters. The first-order valence-corrected chi connectivity index (χ1v) is 7.90. The van der Waals surface area contributed by atoms with Crippen LogP contribution in [0.2, 0.25) is 0 Å². The molecule has 0 aliphatic heterocycles. The molecule has 0 fully saturated rings. The number of hydrogen-bond acceptors (Lipinski definition) is 4. The minimum atomic E-state index is -0.314. The summed E-state index contributed by atoms with van der Waals surface area (Å²) in [6.45, 7) is 3.53. The van der Waals surface area contributed by atoms with Gasteiger partial charge in [-0.1, -0.05) is 18.2 Å². The second kappa shape index (κ2) is 6.76. The lowest BCUT2D eigenvalue weighted by atomic mass is 10.2. The molecule has 1 N–H and O–H groups in total. The summed E-state index contributed by atoms with van der Waals surface area (Å²) in [5.74, 6) is 0.751. The second-order valence-corrected chi connectivity index (χ2v) is 5.82. The van der Waals surface area contributed by atoms with Crippen molar-refractivity contribution in [1.82, 2.24) is 9.55 Å². The van der Waals surface area contributed by atoms with Crippen LogP contribution in [0.4, 0.5) is 5.69 Å². The fourth-order valence-corrected chi connectivity index (χ4v) is 2.72. The lowest BCUT2D eigenvalue weighted by molar-refractivity contribution is -0.116. The van der Waals surface area contributed by atoms with Crippen LogP contribution < -0.4 is 15.6 Å². The van der Waals surface area contributed by atoms with E-state index in [1.54, 1.807) is 38.3 Å². The number of nitrogens with zero attached hydrogens (tertiary/aromatic N) is 2. The summed E-state index contributed by atoms with van der Waals surface area (Å²) in [4.78, 5) is 29.5. The maximum Gasteiger partial charge on any atom is 0.261 e. The number of ether oxygens (including phenoxy) is 1. The summed E-state index contributed by atoms with van der Waals surface area (Å²) in [7, 11) is 1.54. The Hall–Kier alpha value is -3.15. The average molecular weight is 337 g/mol. The topological polar surface area (TPSA) is 73.2 Å². The molecule has 0 saturated carbocycles. The largest absolute Gasteiger partial charge is 0.495 e. The number of aryl methyl sites for hydroxylation is 2. The summed E-state index contributed by atoms with van der Waals surface area (Å²) in [5, 5.41) is 3.30. The van der Waals surface area contributed by atoms with Crippen LogP contribution in [0.1, 0.15) is 11.4 Å². The maximum atomic E-state index is 12.6. The van der Waals surface area contributed by atoms with Crippen molar-refractivity contribution in [2.75, 3.05) is 12.4 Å². The minimum Gasteiger partial charge on any atom is -0.495 e. The number of para-hydroxylation sites is 1. The third-order valence-electron chi connectivity index (χ3n) is 3.98. The van der Waals surface area contributed by atoms with Crippen molar-refractivity contribution in [3.8, 4) is 5.75 Å². The van der Waals surface area contributed by atoms with Crippen molar-refractivity contribution < 1.29 is 9.53 Å². The van der Waals surface area contributed by atoms with Crippen LogP contribution in [0.5, 0.6) is 5.75 Å². The van der Waals surface area contributed by atoms with Gasteiger partial charge in [0.25, 0.3) is 5.56 Å². The number of aromatic nitrogens is 2. The Morgan fingerprint density at radius 1 is 1.20 bits per heavy atom. The fraction of sp³-hybridized carbons (Fsp3) is 0.211. The van der Waals surface area contributed by atoms with E-state index in [1.165, 1.54) is 4.57 Å². The van der Waals surface area contributed by atoms with Gasteiger partial charge in [-0.15, -0.1) is 0 Å². The molecule has 0 spiro atoms. The maximum absolute atomic E-state index is 12.6. The first-order valence-electron chi connectivity index (χ1n) is 7.90. The minimum absolute atomic E-state index is 0.112. The molecule has 0 unspecified atom stereocenters. The highest BCUT2D eigenvalue weighted by atomic mass is 16.5. The average Bonchev–Trinajstić information content (AvgIpc) is 2.59. The Morgan fingerprint density at radius 3 is 2.72 bits per heavy atom. The quantitative estimate of drug-likeness (QED) is 0.794. The molecule has 0 aliphatic rings. The highest BCUT2D eigenvalue weighted by molar-refractivity contribution is 5.92. The lowest BCUT2D eigenvalue weighted by Gasteiger charge is -2.13. The Morgan fingerprint density at radius 2 is 1.96 bits per heavy atom. The van der Waals surface area contributed by atoms with Gasteiger partial charge in [0.05, 0.1) is 23.7 Å². The van der Waals surface area contributed by atoms with Crippen molar-refractivity contribution in [2.24, 2.45) is 0 Å². The molecule has 0 radical (unpaired) electrons. The number of hydrogen-bond donors (Lipinski definition) is 1. The van der Waals surface area contributed by atoms with Crippen LogP contribution in [0, 0.1) is 13.8 Å². The van der Waals surface area contributed by atoms with E-state index in [4.69, 9.17) is 4.74 Å². The van der Waals surface area contributed by atoms with Gasteiger partial charge >= 0.3 is 0 Å². The summed E-state index contributed by atoms with van der Waals surface area (Å²) in [6, 6.07) is 12.6. The summed E-state index contributed by atoms with van der Waals surface area (Å²) < 4.78 is 6.64. The van der Waals surface area contributed by atoms with E-state index in [2.05, 4.69) is 10.3 Å². The van der Waals surface area contributed by atoms with Crippen LogP contribution in [-0.4, -0.2) is 22.6 Å². The summed E-state index contributed by atoms with van der Waals surface area (Å²) in [5.41, 5.74) is 1.97. The van der Waals surface area contributed by atoms with Crippen molar-refractivity contribution in [3.63, 3.8) is 0 Å². The van der Waals surface area contributed by atoms with E-state index >= 15 is 0 Å². The first kappa shape index (κ1) is 16.7. The Bertz CT molecular complexity index is 1010. The van der Waals surface area contributed by atoms with E-state index in [1.807, 2.05) is 25.1 Å². The van der Waals surface area contributed by atoms with Gasteiger partial charge in [-0.25, -0.2) is 4.98 Å². The zero-order valence-corrected chi connectivity index (χ0v) is 14.4. The molecule has 128 valence electrons. The van der Waals surface area contributed by atoms with E-state index < -0.39 is 0 Å². The van der Waals surface area contributed by atoms with Crippen LogP contribution >= 0.6 is 0 Å². The lowest BCUT2D eigenvalue weighted by Crippen LogP contribution is -2.30. The Labute approximate surface area is 145 Å². The number of benzene rings is 2. The molecule has 3 aromatic rings. The molecular weight excluding hydrogens is 318 g/mol. The van der Waals surface area contributed by atoms with Gasteiger partial charge in [-0.3, -0.25) is 14.2 Å². The predicted molar refractivity (Wildman–Crippen MR) is 97.1 cm³/mol. The molecule has 6 heteroatoms. The van der Waals surface area contributed by atoms with Gasteiger partial charge in [-0.05, 0) is 43.7 Å². The number of methoxy groups -OCH3 is 1. The molecule has 0 saturated heterocycles. The van der Waals surface area contributed by atoms with Crippen LogP contribution in [0.15, 0.2) is 47.3 Å². The Balaban J connectivity index is 1.90. The zero-order valence-electron chi connectivity index (χ0n) is 14.4. The van der Waals surface area contributed by atoms with Crippen molar-refractivity contribution in [3.05, 3.63) is 64.2 Å². The van der Waals surface area contributed by atoms with Crippen molar-refractivity contribution >= 4 is 22.5 Å². The molecule has 1 heterocycles. The number of fused-ring (bicyclic) bond motifs is 1. The highest BCUT2D eigenvalue weighted by Crippen LogP contribution is 2.25. The van der Waals surface area contributed by atoms with Gasteiger partial charge < -0.3 is 10.1 Å². The monoisotopic (exact) mass is 337 g/mol. The SMILES string of the molecule is COc1ccc(C)cc1NC(=O)Cn1c(C)nc2ccccc2c1=O. The van der Waals surface area contributed by atoms with E-state index in [0.717, 1.165) is 5.56 Å². The standard InChI is InChI=1S/C19H19N3O3/c1-12-8-9-17(25-3)16(10-12)21-18(23)11-22-13(2)20-15-7-5-4-6-14(15)19(22)24/h4-10H,11H2,1-3H3,(H,21,23). The third kappa shape index (κ3) is 3.38. The summed E-state index contributed by atoms with van der Waals surface area (Å²) >= 11 is 0. The molecule has 25 heavy (non-hydrogen) atoms. The van der Waals surface area contributed by atoms with E-state index in [-0.39, 0.29) is 18.0 Å². The van der Waals surface area contributed by atoms with Gasteiger partial charge in [0.1, 0.15) is 18.1 Å². The third-order valence-corrected chi connectivity index (χ3v) is 3.98. The molecule has 1 amide bonds. The van der Waals surface area contributed by atoms with Gasteiger partial charge in [-0.2, -0.15) is 0 Å². The number of nitrogens with one attached hydrogen (secondary N) is 1. The number of anilines is 1. The number of rotatable bonds is 4. The smallest absolute Gasteiger partial charge is 0.261 e. The van der Waals surface area contributed by atoms with Gasteiger partial charge in [0, 0.05) is 0 Å². The van der Waals surface area contributed by atoms with Crippen LogP contribution in [0.25, 0.3) is 10.9 Å². The molecule has 0 bridgehead atoms. The fourth-order valence-electron chi connectivity index (χ4n) is 2.72. The molecule has 0 aliphatic carbocycles. The number of carbonyl (C=O) groups excluding carboxylic acids is 1. The zero-order chi connectivity index (χ0) is 18.0. The predicted octanol–water partition coefficient (Wildman–Crippen LogP) is 2.66. The van der Waals surface area contributed by atoms with Crippen LogP contribution in [-0.2, 0) is 11.3 Å². The van der Waals surface area contributed by atoms with E-state index in [0.29, 0.717) is 28.2 Å². The van der Waals surface area contributed by atoms with Gasteiger partial charge in [0.2, 0.25) is 5.91 Å². The molecule has 6 nitrogen and oxygen atoms in total. The summed E-state index contributed by atoms with van der Waals surface area (Å²) in [6.07, 6.45) is 0. The van der Waals surface area contributed by atoms with E-state index in [9.17, 15) is 9.59 Å². The Kier molecular flexibility index (Phi) is 4.52. The molecule has 1 aromatic heterocycles. The molecule has 2 aromatic carbocycles. The number of carbonyl (C=O) groups is 1. The molecule has 3 rings (SSSR count). The second-order valence-electron chi connectivity index (χ2n) is 5.82. The van der Waals surface area contributed by atoms with Crippen molar-refractivity contribution in [1.29, 1.82) is 0 Å². The first-order chi connectivity index (χ1) is 12.0. The highest BCUT2D eigenvalue weighted by Gasteiger charge is 2.13.